The number of aliphatic hydroxyl groups is 3. The zero-order chi connectivity index (χ0) is 15.5. The Balaban J connectivity index is 4.68. The van der Waals surface area contributed by atoms with E-state index in [4.69, 9.17) is 10.2 Å². The second kappa shape index (κ2) is 10.1. The molecule has 10 heteroatoms. The minimum absolute atomic E-state index is 0.617. The fourth-order valence-electron chi connectivity index (χ4n) is 1.07. The Morgan fingerprint density at radius 3 is 2.40 bits per heavy atom. The fraction of sp³-hybridized carbons (Fsp3) is 0.700. The van der Waals surface area contributed by atoms with Crippen molar-refractivity contribution < 1.29 is 43.6 Å². The average molecular weight is 297 g/mol. The van der Waals surface area contributed by atoms with E-state index < -0.39 is 50.1 Å². The predicted molar refractivity (Wildman–Crippen MR) is 61.4 cm³/mol. The molecular weight excluding hydrogens is 281 g/mol. The summed E-state index contributed by atoms with van der Waals surface area (Å²) in [4.78, 5) is 25.8. The summed E-state index contributed by atoms with van der Waals surface area (Å²) in [6.45, 7) is -2.66. The quantitative estimate of drug-likeness (QED) is 0.247. The second-order valence-corrected chi connectivity index (χ2v) is 3.40. The minimum Gasteiger partial charge on any atom is -0.461 e. The summed E-state index contributed by atoms with van der Waals surface area (Å²) in [5.41, 5.74) is 0. The number of halogens is 1. The van der Waals surface area contributed by atoms with Crippen LogP contribution in [0, 0.1) is 0 Å². The summed E-state index contributed by atoms with van der Waals surface area (Å²) in [6.07, 6.45) is -4.93. The molecular formula is C10H16FNO8. The third-order valence-corrected chi connectivity index (χ3v) is 1.94. The number of carbonyl (C=O) groups excluding carboxylic acids is 2. The van der Waals surface area contributed by atoms with E-state index in [0.717, 1.165) is 7.11 Å². The van der Waals surface area contributed by atoms with Crippen molar-refractivity contribution in [3.05, 3.63) is 0 Å². The fourth-order valence-corrected chi connectivity index (χ4v) is 1.07. The first kappa shape index (κ1) is 18.2. The van der Waals surface area contributed by atoms with Crippen LogP contribution in [0.2, 0.25) is 0 Å². The maximum atomic E-state index is 13.7. The van der Waals surface area contributed by atoms with Gasteiger partial charge in [-0.3, -0.25) is 0 Å². The van der Waals surface area contributed by atoms with Crippen molar-refractivity contribution in [1.29, 1.82) is 0 Å². The molecule has 0 spiro atoms. The number of hydrogen-bond acceptors (Lipinski definition) is 9. The maximum Gasteiger partial charge on any atom is 0.332 e. The number of hydrogen-bond donors (Lipinski definition) is 3. The van der Waals surface area contributed by atoms with Crippen molar-refractivity contribution in [3.8, 4) is 0 Å². The Hall–Kier alpha value is -1.78. The highest BCUT2D eigenvalue weighted by molar-refractivity contribution is 5.72. The van der Waals surface area contributed by atoms with Crippen molar-refractivity contribution in [2.45, 2.75) is 18.4 Å². The van der Waals surface area contributed by atoms with Gasteiger partial charge in [0.2, 0.25) is 0 Å². The van der Waals surface area contributed by atoms with Crippen molar-refractivity contribution >= 4 is 18.2 Å². The van der Waals surface area contributed by atoms with Crippen LogP contribution in [0.5, 0.6) is 0 Å². The average Bonchev–Trinajstić information content (AvgIpc) is 2.46. The molecule has 0 aromatic carbocycles. The van der Waals surface area contributed by atoms with Crippen molar-refractivity contribution in [1.82, 2.24) is 0 Å². The lowest BCUT2D eigenvalue weighted by Gasteiger charge is -2.23. The highest BCUT2D eigenvalue weighted by Crippen LogP contribution is 2.09. The van der Waals surface area contributed by atoms with Crippen molar-refractivity contribution in [2.75, 3.05) is 26.9 Å². The van der Waals surface area contributed by atoms with E-state index in [1.807, 2.05) is 0 Å². The van der Waals surface area contributed by atoms with E-state index in [-0.39, 0.29) is 0 Å². The van der Waals surface area contributed by atoms with Gasteiger partial charge in [0.1, 0.15) is 33.0 Å². The summed E-state index contributed by atoms with van der Waals surface area (Å²) in [7, 11) is 1.15. The third kappa shape index (κ3) is 6.97. The van der Waals surface area contributed by atoms with E-state index in [2.05, 4.69) is 19.5 Å². The molecule has 0 radical (unpaired) electrons. The van der Waals surface area contributed by atoms with Gasteiger partial charge in [-0.25, -0.2) is 14.0 Å². The highest BCUT2D eigenvalue weighted by Gasteiger charge is 2.32. The Morgan fingerprint density at radius 2 is 1.90 bits per heavy atom. The number of esters is 2. The van der Waals surface area contributed by atoms with Gasteiger partial charge < -0.3 is 29.6 Å². The first-order chi connectivity index (χ1) is 9.46. The van der Waals surface area contributed by atoms with Crippen molar-refractivity contribution in [2.24, 2.45) is 5.16 Å². The first-order valence-electron chi connectivity index (χ1n) is 5.41. The Morgan fingerprint density at radius 1 is 1.30 bits per heavy atom. The number of oxime groups is 1. The standard InChI is InChI=1S/C10H16FNO8/c1-18-12-2-6(11)10(20-9(17)4-14)7(15)5-19-8(16)3-13/h2,6-7,10,13-15H,3-5H2,1H3/t6-,7+,10+/m1/s1. The summed E-state index contributed by atoms with van der Waals surface area (Å²) < 4.78 is 22.5. The lowest BCUT2D eigenvalue weighted by Crippen LogP contribution is -2.43. The number of nitrogens with zero attached hydrogens (tertiary/aromatic N) is 1. The lowest BCUT2D eigenvalue weighted by atomic mass is 10.1. The normalized spacial score (nSPS) is 15.4. The van der Waals surface area contributed by atoms with Gasteiger partial charge in [-0.15, -0.1) is 0 Å². The molecule has 0 amide bonds. The molecule has 116 valence electrons. The zero-order valence-corrected chi connectivity index (χ0v) is 10.6. The smallest absolute Gasteiger partial charge is 0.332 e. The number of carbonyl (C=O) groups is 2. The molecule has 0 saturated carbocycles. The summed E-state index contributed by atoms with van der Waals surface area (Å²) in [6, 6.07) is 0. The number of alkyl halides is 1. The Bertz CT molecular complexity index is 337. The second-order valence-electron chi connectivity index (χ2n) is 3.40. The van der Waals surface area contributed by atoms with Gasteiger partial charge in [0, 0.05) is 0 Å². The molecule has 0 bridgehead atoms. The van der Waals surface area contributed by atoms with Gasteiger partial charge in [-0.2, -0.15) is 0 Å². The predicted octanol–water partition coefficient (Wildman–Crippen LogP) is -2.24. The van der Waals surface area contributed by atoms with E-state index in [9.17, 15) is 19.1 Å². The van der Waals surface area contributed by atoms with Crippen LogP contribution < -0.4 is 0 Å². The summed E-state index contributed by atoms with van der Waals surface area (Å²) in [5, 5.41) is 29.6. The third-order valence-electron chi connectivity index (χ3n) is 1.94. The lowest BCUT2D eigenvalue weighted by molar-refractivity contribution is -0.167. The van der Waals surface area contributed by atoms with E-state index in [0.29, 0.717) is 6.21 Å². The van der Waals surface area contributed by atoms with Crippen LogP contribution in [-0.2, 0) is 23.9 Å². The molecule has 0 saturated heterocycles. The van der Waals surface area contributed by atoms with Gasteiger partial charge in [0.15, 0.2) is 12.3 Å². The van der Waals surface area contributed by atoms with E-state index in [1.165, 1.54) is 0 Å². The number of ether oxygens (including phenoxy) is 2. The number of rotatable bonds is 9. The topological polar surface area (TPSA) is 135 Å². The molecule has 0 aliphatic rings. The summed E-state index contributed by atoms with van der Waals surface area (Å²) >= 11 is 0. The van der Waals surface area contributed by atoms with Gasteiger partial charge in [-0.1, -0.05) is 5.16 Å². The van der Waals surface area contributed by atoms with Gasteiger partial charge in [0.05, 0.1) is 6.21 Å². The van der Waals surface area contributed by atoms with E-state index >= 15 is 0 Å². The molecule has 0 aliphatic carbocycles. The molecule has 0 heterocycles. The highest BCUT2D eigenvalue weighted by atomic mass is 19.1. The monoisotopic (exact) mass is 297 g/mol. The molecule has 3 atom stereocenters. The molecule has 9 nitrogen and oxygen atoms in total. The van der Waals surface area contributed by atoms with Crippen molar-refractivity contribution in [3.63, 3.8) is 0 Å². The Kier molecular flexibility index (Phi) is 9.17. The largest absolute Gasteiger partial charge is 0.461 e. The van der Waals surface area contributed by atoms with Gasteiger partial charge in [-0.05, 0) is 0 Å². The van der Waals surface area contributed by atoms with Crippen LogP contribution in [0.1, 0.15) is 0 Å². The molecule has 0 unspecified atom stereocenters. The SMILES string of the molecule is CON=C[C@@H](F)[C@H](OC(=O)CO)[C@@H](O)COC(=O)CO. The summed E-state index contributed by atoms with van der Waals surface area (Å²) in [5.74, 6) is -2.23. The van der Waals surface area contributed by atoms with Gasteiger partial charge in [0.25, 0.3) is 0 Å². The Labute approximate surface area is 113 Å². The molecule has 0 aromatic heterocycles. The molecule has 0 aliphatic heterocycles. The zero-order valence-electron chi connectivity index (χ0n) is 10.6. The van der Waals surface area contributed by atoms with Crippen LogP contribution in [0.4, 0.5) is 4.39 Å². The van der Waals surface area contributed by atoms with Crippen LogP contribution in [0.3, 0.4) is 0 Å². The van der Waals surface area contributed by atoms with E-state index in [1.54, 1.807) is 0 Å². The molecule has 0 aromatic rings. The maximum absolute atomic E-state index is 13.7. The van der Waals surface area contributed by atoms with Gasteiger partial charge >= 0.3 is 11.9 Å². The molecule has 0 fully saturated rings. The molecule has 0 rings (SSSR count). The van der Waals surface area contributed by atoms with Crippen LogP contribution in [0.15, 0.2) is 5.16 Å². The van der Waals surface area contributed by atoms with Crippen LogP contribution in [-0.4, -0.2) is 78.8 Å². The minimum atomic E-state index is -2.06. The van der Waals surface area contributed by atoms with Crippen LogP contribution in [0.25, 0.3) is 0 Å². The number of aliphatic hydroxyl groups excluding tert-OH is 3. The molecule has 20 heavy (non-hydrogen) atoms. The molecule has 3 N–H and O–H groups in total. The first-order valence-corrected chi connectivity index (χ1v) is 5.41. The van der Waals surface area contributed by atoms with Crippen LogP contribution >= 0.6 is 0 Å².